The van der Waals surface area contributed by atoms with Crippen molar-refractivity contribution in [2.24, 2.45) is 5.92 Å². The molecule has 0 spiro atoms. The molecule has 0 saturated heterocycles. The normalized spacial score (nSPS) is 18.7. The molecule has 1 aliphatic rings. The quantitative estimate of drug-likeness (QED) is 0.335. The van der Waals surface area contributed by atoms with Crippen LogP contribution < -0.4 is 4.74 Å². The highest BCUT2D eigenvalue weighted by atomic mass is 16.5. The summed E-state index contributed by atoms with van der Waals surface area (Å²) in [6.07, 6.45) is 10.9. The molecule has 0 aliphatic heterocycles. The minimum atomic E-state index is 0.544. The molecular formula is C28H36O. The molecule has 0 bridgehead atoms. The molecule has 0 N–H and O–H groups in total. The second-order valence-electron chi connectivity index (χ2n) is 8.39. The molecule has 1 fully saturated rings. The Bertz CT molecular complexity index is 768. The van der Waals surface area contributed by atoms with Crippen LogP contribution >= 0.6 is 0 Å². The molecule has 1 aliphatic carbocycles. The van der Waals surface area contributed by atoms with Crippen molar-refractivity contribution in [2.75, 3.05) is 6.61 Å². The third-order valence-electron chi connectivity index (χ3n) is 6.04. The molecule has 1 saturated carbocycles. The standard InChI is InChI=1S/C28H36O/c1-3-5-7-23-8-10-24(11-9-23)12-13-25-14-16-26(17-15-25)27-18-20-28(21-19-27)29-22-6-4-2/h8-11,18-21,25-26H,3-7,14-17,22H2,1-2H3/t25-,26-. The number of hydrogen-bond donors (Lipinski definition) is 0. The van der Waals surface area contributed by atoms with E-state index in [0.29, 0.717) is 11.8 Å². The van der Waals surface area contributed by atoms with Gasteiger partial charge in [-0.3, -0.25) is 0 Å². The van der Waals surface area contributed by atoms with Crippen LogP contribution in [0, 0.1) is 17.8 Å². The highest BCUT2D eigenvalue weighted by Gasteiger charge is 2.21. The van der Waals surface area contributed by atoms with E-state index in [1.165, 1.54) is 62.5 Å². The van der Waals surface area contributed by atoms with Gasteiger partial charge in [-0.2, -0.15) is 0 Å². The van der Waals surface area contributed by atoms with Crippen molar-refractivity contribution < 1.29 is 4.74 Å². The third-order valence-corrected chi connectivity index (χ3v) is 6.04. The maximum Gasteiger partial charge on any atom is 0.119 e. The maximum atomic E-state index is 5.79. The van der Waals surface area contributed by atoms with Crippen LogP contribution in [0.3, 0.4) is 0 Å². The van der Waals surface area contributed by atoms with E-state index < -0.39 is 0 Å². The van der Waals surface area contributed by atoms with Crippen molar-refractivity contribution in [3.63, 3.8) is 0 Å². The molecular weight excluding hydrogens is 352 g/mol. The second-order valence-corrected chi connectivity index (χ2v) is 8.39. The Kier molecular flexibility index (Phi) is 8.69. The van der Waals surface area contributed by atoms with Crippen LogP contribution in [0.4, 0.5) is 0 Å². The van der Waals surface area contributed by atoms with Gasteiger partial charge in [0.1, 0.15) is 5.75 Å². The van der Waals surface area contributed by atoms with Crippen LogP contribution in [0.2, 0.25) is 0 Å². The Hall–Kier alpha value is -2.20. The molecule has 154 valence electrons. The van der Waals surface area contributed by atoms with Crippen molar-refractivity contribution in [2.45, 2.75) is 77.6 Å². The highest BCUT2D eigenvalue weighted by molar-refractivity contribution is 5.37. The average molecular weight is 389 g/mol. The molecule has 2 aromatic rings. The molecule has 1 heteroatoms. The number of ether oxygens (including phenoxy) is 1. The minimum absolute atomic E-state index is 0.544. The lowest BCUT2D eigenvalue weighted by Crippen LogP contribution is -2.12. The van der Waals surface area contributed by atoms with E-state index in [-0.39, 0.29) is 0 Å². The van der Waals surface area contributed by atoms with Crippen molar-refractivity contribution in [3.05, 3.63) is 65.2 Å². The number of unbranched alkanes of at least 4 members (excludes halogenated alkanes) is 2. The van der Waals surface area contributed by atoms with Crippen LogP contribution in [-0.4, -0.2) is 6.61 Å². The van der Waals surface area contributed by atoms with Gasteiger partial charge < -0.3 is 4.74 Å². The molecule has 0 aromatic heterocycles. The molecule has 1 nitrogen and oxygen atoms in total. The van der Waals surface area contributed by atoms with Gasteiger partial charge in [-0.25, -0.2) is 0 Å². The van der Waals surface area contributed by atoms with Gasteiger partial charge in [0, 0.05) is 11.5 Å². The van der Waals surface area contributed by atoms with E-state index >= 15 is 0 Å². The van der Waals surface area contributed by atoms with Crippen molar-refractivity contribution >= 4 is 0 Å². The third kappa shape index (κ3) is 6.97. The zero-order chi connectivity index (χ0) is 20.3. The maximum absolute atomic E-state index is 5.79. The van der Waals surface area contributed by atoms with E-state index in [4.69, 9.17) is 4.74 Å². The molecule has 29 heavy (non-hydrogen) atoms. The lowest BCUT2D eigenvalue weighted by atomic mass is 9.79. The minimum Gasteiger partial charge on any atom is -0.494 e. The van der Waals surface area contributed by atoms with Gasteiger partial charge in [0.15, 0.2) is 0 Å². The summed E-state index contributed by atoms with van der Waals surface area (Å²) in [6.45, 7) is 5.26. The number of hydrogen-bond acceptors (Lipinski definition) is 1. The van der Waals surface area contributed by atoms with Crippen LogP contribution in [-0.2, 0) is 6.42 Å². The van der Waals surface area contributed by atoms with Gasteiger partial charge in [-0.1, -0.05) is 62.8 Å². The monoisotopic (exact) mass is 388 g/mol. The van der Waals surface area contributed by atoms with Crippen LogP contribution in [0.25, 0.3) is 0 Å². The Balaban J connectivity index is 1.46. The van der Waals surface area contributed by atoms with E-state index in [1.807, 2.05) is 0 Å². The van der Waals surface area contributed by atoms with E-state index in [9.17, 15) is 0 Å². The van der Waals surface area contributed by atoms with Gasteiger partial charge in [0.25, 0.3) is 0 Å². The average Bonchev–Trinajstić information content (AvgIpc) is 2.78. The number of benzene rings is 2. The first-order chi connectivity index (χ1) is 14.3. The Morgan fingerprint density at radius 2 is 1.52 bits per heavy atom. The summed E-state index contributed by atoms with van der Waals surface area (Å²) in [4.78, 5) is 0. The molecule has 3 rings (SSSR count). The predicted molar refractivity (Wildman–Crippen MR) is 123 cm³/mol. The van der Waals surface area contributed by atoms with Gasteiger partial charge >= 0.3 is 0 Å². The smallest absolute Gasteiger partial charge is 0.119 e. The van der Waals surface area contributed by atoms with E-state index in [1.54, 1.807) is 0 Å². The zero-order valence-corrected chi connectivity index (χ0v) is 18.3. The Morgan fingerprint density at radius 3 is 2.17 bits per heavy atom. The van der Waals surface area contributed by atoms with Crippen molar-refractivity contribution in [3.8, 4) is 17.6 Å². The summed E-state index contributed by atoms with van der Waals surface area (Å²) in [5, 5.41) is 0. The molecule has 0 radical (unpaired) electrons. The Labute approximate surface area is 177 Å². The van der Waals surface area contributed by atoms with E-state index in [0.717, 1.165) is 24.3 Å². The van der Waals surface area contributed by atoms with Gasteiger partial charge in [0.2, 0.25) is 0 Å². The first kappa shape index (κ1) is 21.5. The van der Waals surface area contributed by atoms with Crippen LogP contribution in [0.5, 0.6) is 5.75 Å². The molecule has 0 atom stereocenters. The summed E-state index contributed by atoms with van der Waals surface area (Å²) in [6, 6.07) is 17.7. The first-order valence-corrected chi connectivity index (χ1v) is 11.6. The summed E-state index contributed by atoms with van der Waals surface area (Å²) >= 11 is 0. The number of rotatable bonds is 8. The fourth-order valence-electron chi connectivity index (χ4n) is 4.06. The molecule has 0 unspecified atom stereocenters. The highest BCUT2D eigenvalue weighted by Crippen LogP contribution is 2.36. The lowest BCUT2D eigenvalue weighted by molar-refractivity contribution is 0.309. The molecule has 0 heterocycles. The fourth-order valence-corrected chi connectivity index (χ4v) is 4.06. The predicted octanol–water partition coefficient (Wildman–Crippen LogP) is 7.53. The summed E-state index contributed by atoms with van der Waals surface area (Å²) in [5.74, 6) is 9.18. The number of aryl methyl sites for hydroxylation is 1. The van der Waals surface area contributed by atoms with Crippen LogP contribution in [0.1, 0.15) is 87.8 Å². The van der Waals surface area contributed by atoms with E-state index in [2.05, 4.69) is 74.2 Å². The molecule has 0 amide bonds. The van der Waals surface area contributed by atoms with Crippen LogP contribution in [0.15, 0.2) is 48.5 Å². The van der Waals surface area contributed by atoms with Crippen molar-refractivity contribution in [1.29, 1.82) is 0 Å². The fraction of sp³-hybridized carbons (Fsp3) is 0.500. The Morgan fingerprint density at radius 1 is 0.828 bits per heavy atom. The first-order valence-electron chi connectivity index (χ1n) is 11.6. The lowest BCUT2D eigenvalue weighted by Gasteiger charge is -2.26. The van der Waals surface area contributed by atoms with Gasteiger partial charge in [0.05, 0.1) is 6.61 Å². The topological polar surface area (TPSA) is 9.23 Å². The zero-order valence-electron chi connectivity index (χ0n) is 18.3. The summed E-state index contributed by atoms with van der Waals surface area (Å²) < 4.78 is 5.79. The largest absolute Gasteiger partial charge is 0.494 e. The molecule has 2 aromatic carbocycles. The van der Waals surface area contributed by atoms with Crippen molar-refractivity contribution in [1.82, 2.24) is 0 Å². The summed E-state index contributed by atoms with van der Waals surface area (Å²) in [5.41, 5.74) is 4.05. The van der Waals surface area contributed by atoms with Gasteiger partial charge in [-0.05, 0) is 86.3 Å². The van der Waals surface area contributed by atoms with Gasteiger partial charge in [-0.15, -0.1) is 0 Å². The second kappa shape index (κ2) is 11.7. The summed E-state index contributed by atoms with van der Waals surface area (Å²) in [7, 11) is 0. The SMILES string of the molecule is CCCCOc1ccc([C@H]2CC[C@H](C#Cc3ccc(CCCC)cc3)CC2)cc1.